The minimum absolute atomic E-state index is 0.0163. The van der Waals surface area contributed by atoms with E-state index in [1.807, 2.05) is 12.1 Å². The number of pyridine rings is 1. The molecule has 3 rings (SSSR count). The van der Waals surface area contributed by atoms with Crippen LogP contribution < -0.4 is 5.43 Å². The Kier molecular flexibility index (Phi) is 6.95. The lowest BCUT2D eigenvalue weighted by molar-refractivity contribution is -0.140. The van der Waals surface area contributed by atoms with Crippen molar-refractivity contribution >= 4 is 29.3 Å². The summed E-state index contributed by atoms with van der Waals surface area (Å²) in [6.07, 6.45) is 3.04. The number of hydrogen-bond acceptors (Lipinski definition) is 7. The van der Waals surface area contributed by atoms with Crippen LogP contribution in [-0.2, 0) is 15.3 Å². The molecular formula is C21H18ClNO5S. The fourth-order valence-corrected chi connectivity index (χ4v) is 3.65. The van der Waals surface area contributed by atoms with E-state index in [2.05, 4.69) is 4.98 Å². The fraction of sp³-hybridized carbons (Fsp3) is 0.190. The van der Waals surface area contributed by atoms with Gasteiger partial charge in [0.1, 0.15) is 5.76 Å². The van der Waals surface area contributed by atoms with E-state index < -0.39 is 23.1 Å². The van der Waals surface area contributed by atoms with E-state index in [0.29, 0.717) is 22.1 Å². The lowest BCUT2D eigenvalue weighted by Crippen LogP contribution is -2.14. The highest BCUT2D eigenvalue weighted by Crippen LogP contribution is 2.34. The van der Waals surface area contributed by atoms with Crippen molar-refractivity contribution in [1.82, 2.24) is 4.98 Å². The second kappa shape index (κ2) is 9.62. The highest BCUT2D eigenvalue weighted by Gasteiger charge is 2.26. The van der Waals surface area contributed by atoms with Crippen molar-refractivity contribution in [2.24, 2.45) is 0 Å². The first kappa shape index (κ1) is 21.0. The number of methoxy groups -OCH3 is 1. The Bertz CT molecular complexity index is 1040. The molecule has 1 atom stereocenters. The number of esters is 1. The van der Waals surface area contributed by atoms with Crippen molar-refractivity contribution < 1.29 is 19.1 Å². The van der Waals surface area contributed by atoms with Crippen LogP contribution in [0, 0.1) is 0 Å². The Labute approximate surface area is 176 Å². The topological polar surface area (TPSA) is 89.6 Å². The molecule has 0 aliphatic heterocycles. The average Bonchev–Trinajstić information content (AvgIpc) is 2.74. The van der Waals surface area contributed by atoms with Crippen molar-refractivity contribution in [3.8, 4) is 5.75 Å². The van der Waals surface area contributed by atoms with Gasteiger partial charge in [0.15, 0.2) is 5.76 Å². The summed E-state index contributed by atoms with van der Waals surface area (Å²) in [6, 6.07) is 12.0. The maximum atomic E-state index is 12.3. The third-order valence-corrected chi connectivity index (χ3v) is 5.48. The monoisotopic (exact) mass is 431 g/mol. The molecule has 1 aromatic carbocycles. The van der Waals surface area contributed by atoms with Crippen LogP contribution in [0.2, 0.25) is 5.02 Å². The molecule has 1 N–H and O–H groups in total. The second-order valence-electron chi connectivity index (χ2n) is 6.15. The van der Waals surface area contributed by atoms with Crippen LogP contribution in [0.15, 0.2) is 69.0 Å². The number of aromatic nitrogens is 1. The number of carbonyl (C=O) groups is 1. The Hall–Kier alpha value is -2.77. The van der Waals surface area contributed by atoms with Gasteiger partial charge in [0.2, 0.25) is 11.2 Å². The van der Waals surface area contributed by atoms with Gasteiger partial charge in [-0.1, -0.05) is 17.7 Å². The van der Waals surface area contributed by atoms with Crippen LogP contribution in [0.3, 0.4) is 0 Å². The average molecular weight is 432 g/mol. The molecule has 0 unspecified atom stereocenters. The van der Waals surface area contributed by atoms with Gasteiger partial charge in [0.05, 0.1) is 25.2 Å². The van der Waals surface area contributed by atoms with Gasteiger partial charge < -0.3 is 14.3 Å². The summed E-state index contributed by atoms with van der Waals surface area (Å²) in [6.45, 7) is 0. The normalized spacial score (nSPS) is 11.8. The number of rotatable bonds is 7. The standard InChI is InChI=1S/C21H18ClNO5S/c1-27-19(25)10-17(13-3-2-8-23-11-13)21-20(26)18(24)9-15(28-21)12-29-16-6-4-14(22)5-7-16/h2-9,11,17,26H,10,12H2,1H3/t17-/m0/s1. The van der Waals surface area contributed by atoms with E-state index >= 15 is 0 Å². The van der Waals surface area contributed by atoms with Gasteiger partial charge in [-0.15, -0.1) is 11.8 Å². The van der Waals surface area contributed by atoms with Crippen LogP contribution in [0.5, 0.6) is 5.75 Å². The molecule has 150 valence electrons. The number of halogens is 1. The number of hydrogen-bond donors (Lipinski definition) is 1. The van der Waals surface area contributed by atoms with E-state index in [1.165, 1.54) is 24.9 Å². The molecule has 0 aliphatic carbocycles. The molecule has 0 fully saturated rings. The number of benzene rings is 1. The lowest BCUT2D eigenvalue weighted by atomic mass is 9.93. The predicted molar refractivity (Wildman–Crippen MR) is 110 cm³/mol. The van der Waals surface area contributed by atoms with Gasteiger partial charge in [-0.25, -0.2) is 0 Å². The van der Waals surface area contributed by atoms with Gasteiger partial charge >= 0.3 is 5.97 Å². The molecule has 8 heteroatoms. The summed E-state index contributed by atoms with van der Waals surface area (Å²) >= 11 is 7.35. The Balaban J connectivity index is 1.94. The van der Waals surface area contributed by atoms with Crippen LogP contribution in [0.25, 0.3) is 0 Å². The molecule has 2 heterocycles. The smallest absolute Gasteiger partial charge is 0.306 e. The Morgan fingerprint density at radius 1 is 1.31 bits per heavy atom. The zero-order valence-corrected chi connectivity index (χ0v) is 17.1. The fourth-order valence-electron chi connectivity index (χ4n) is 2.74. The minimum Gasteiger partial charge on any atom is -0.502 e. The molecule has 29 heavy (non-hydrogen) atoms. The molecule has 0 aliphatic rings. The highest BCUT2D eigenvalue weighted by atomic mass is 35.5. The number of aromatic hydroxyl groups is 1. The number of nitrogens with zero attached hydrogens (tertiary/aromatic N) is 1. The largest absolute Gasteiger partial charge is 0.502 e. The molecule has 0 saturated carbocycles. The molecule has 0 amide bonds. The Morgan fingerprint density at radius 2 is 2.07 bits per heavy atom. The number of ether oxygens (including phenoxy) is 1. The molecule has 0 bridgehead atoms. The highest BCUT2D eigenvalue weighted by molar-refractivity contribution is 7.98. The summed E-state index contributed by atoms with van der Waals surface area (Å²) in [5, 5.41) is 11.0. The first-order chi connectivity index (χ1) is 14.0. The minimum atomic E-state index is -0.704. The molecule has 0 radical (unpaired) electrons. The van der Waals surface area contributed by atoms with Crippen LogP contribution in [0.1, 0.15) is 29.4 Å². The summed E-state index contributed by atoms with van der Waals surface area (Å²) < 4.78 is 10.6. The third kappa shape index (κ3) is 5.40. The number of thioether (sulfide) groups is 1. The maximum Gasteiger partial charge on any atom is 0.306 e. The summed E-state index contributed by atoms with van der Waals surface area (Å²) in [4.78, 5) is 29.3. The Morgan fingerprint density at radius 3 is 2.72 bits per heavy atom. The van der Waals surface area contributed by atoms with E-state index in [0.717, 1.165) is 4.90 Å². The van der Waals surface area contributed by atoms with Crippen molar-refractivity contribution in [3.63, 3.8) is 0 Å². The molecule has 0 spiro atoms. The molecule has 0 saturated heterocycles. The second-order valence-corrected chi connectivity index (χ2v) is 7.64. The summed E-state index contributed by atoms with van der Waals surface area (Å²) in [5.74, 6) is -0.972. The first-order valence-electron chi connectivity index (χ1n) is 8.69. The zero-order chi connectivity index (χ0) is 20.8. The van der Waals surface area contributed by atoms with Gasteiger partial charge in [0.25, 0.3) is 0 Å². The summed E-state index contributed by atoms with van der Waals surface area (Å²) in [5.41, 5.74) is 0.0515. The SMILES string of the molecule is COC(=O)C[C@@H](c1cccnc1)c1oc(CSc2ccc(Cl)cc2)cc(=O)c1O. The molecule has 2 aromatic heterocycles. The van der Waals surface area contributed by atoms with Gasteiger partial charge in [-0.05, 0) is 35.9 Å². The van der Waals surface area contributed by atoms with Gasteiger partial charge in [0, 0.05) is 28.4 Å². The van der Waals surface area contributed by atoms with Gasteiger partial charge in [-0.2, -0.15) is 0 Å². The predicted octanol–water partition coefficient (Wildman–Crippen LogP) is 4.38. The van der Waals surface area contributed by atoms with Crippen molar-refractivity contribution in [1.29, 1.82) is 0 Å². The molecule has 3 aromatic rings. The summed E-state index contributed by atoms with van der Waals surface area (Å²) in [7, 11) is 1.28. The molecule has 6 nitrogen and oxygen atoms in total. The van der Waals surface area contributed by atoms with E-state index in [9.17, 15) is 14.7 Å². The lowest BCUT2D eigenvalue weighted by Gasteiger charge is -2.17. The van der Waals surface area contributed by atoms with Crippen LogP contribution >= 0.6 is 23.4 Å². The molecular weight excluding hydrogens is 414 g/mol. The van der Waals surface area contributed by atoms with Crippen LogP contribution in [-0.4, -0.2) is 23.2 Å². The first-order valence-corrected chi connectivity index (χ1v) is 10.0. The van der Waals surface area contributed by atoms with Crippen molar-refractivity contribution in [2.45, 2.75) is 23.0 Å². The van der Waals surface area contributed by atoms with E-state index in [4.69, 9.17) is 20.8 Å². The van der Waals surface area contributed by atoms with E-state index in [-0.39, 0.29) is 12.2 Å². The van der Waals surface area contributed by atoms with Gasteiger partial charge in [-0.3, -0.25) is 14.6 Å². The quantitative estimate of drug-likeness (QED) is 0.438. The van der Waals surface area contributed by atoms with Crippen LogP contribution in [0.4, 0.5) is 0 Å². The zero-order valence-electron chi connectivity index (χ0n) is 15.5. The maximum absolute atomic E-state index is 12.3. The van der Waals surface area contributed by atoms with Crippen molar-refractivity contribution in [3.05, 3.63) is 87.2 Å². The third-order valence-electron chi connectivity index (χ3n) is 4.20. The van der Waals surface area contributed by atoms with Crippen molar-refractivity contribution in [2.75, 3.05) is 7.11 Å². The van der Waals surface area contributed by atoms with E-state index in [1.54, 1.807) is 36.7 Å². The number of carbonyl (C=O) groups excluding carboxylic acids is 1.